The Hall–Kier alpha value is -1.50. The van der Waals surface area contributed by atoms with Crippen molar-refractivity contribution in [2.24, 2.45) is 0 Å². The van der Waals surface area contributed by atoms with Crippen LogP contribution in [0.3, 0.4) is 0 Å². The molecule has 0 unspecified atom stereocenters. The smallest absolute Gasteiger partial charge is 0.0457 e. The van der Waals surface area contributed by atoms with Gasteiger partial charge in [0, 0.05) is 11.4 Å². The van der Waals surface area contributed by atoms with Crippen molar-refractivity contribution >= 4 is 11.8 Å². The summed E-state index contributed by atoms with van der Waals surface area (Å²) in [5.41, 5.74) is 5.33. The molecule has 1 aliphatic carbocycles. The van der Waals surface area contributed by atoms with Gasteiger partial charge in [0.15, 0.2) is 0 Å². The van der Waals surface area contributed by atoms with Gasteiger partial charge >= 0.3 is 0 Å². The molecule has 0 bridgehead atoms. The minimum Gasteiger partial charge on any atom is -0.355 e. The maximum atomic E-state index is 3.45. The molecule has 0 spiro atoms. The zero-order valence-electron chi connectivity index (χ0n) is 7.38. The molecule has 64 valence electrons. The standard InChI is InChI=1S/C12H11N/c1-2-6-11-9(4-1)8-10-5-3-7-12(10)13-11/h1-2,4,6-8,13H,3,5H2. The Morgan fingerprint density at radius 2 is 2.08 bits per heavy atom. The number of fused-ring (bicyclic) bond motifs is 2. The predicted octanol–water partition coefficient (Wildman–Crippen LogP) is 3.17. The Bertz CT molecular complexity index is 413. The van der Waals surface area contributed by atoms with Gasteiger partial charge in [0.25, 0.3) is 0 Å². The number of hydrogen-bond donors (Lipinski definition) is 1. The number of hydrogen-bond acceptors (Lipinski definition) is 1. The van der Waals surface area contributed by atoms with E-state index in [9.17, 15) is 0 Å². The van der Waals surface area contributed by atoms with Crippen LogP contribution in [0.25, 0.3) is 6.08 Å². The fourth-order valence-corrected chi connectivity index (χ4v) is 1.99. The van der Waals surface area contributed by atoms with Crippen LogP contribution in [0.15, 0.2) is 41.6 Å². The number of anilines is 1. The largest absolute Gasteiger partial charge is 0.355 e. The average Bonchev–Trinajstić information content (AvgIpc) is 2.61. The number of allylic oxidation sites excluding steroid dienone is 2. The molecule has 1 aromatic carbocycles. The van der Waals surface area contributed by atoms with Gasteiger partial charge in [0.05, 0.1) is 0 Å². The molecule has 1 nitrogen and oxygen atoms in total. The molecular weight excluding hydrogens is 158 g/mol. The van der Waals surface area contributed by atoms with E-state index < -0.39 is 0 Å². The van der Waals surface area contributed by atoms with E-state index in [0.717, 1.165) is 0 Å². The van der Waals surface area contributed by atoms with Gasteiger partial charge in [-0.05, 0) is 36.1 Å². The number of nitrogens with one attached hydrogen (secondary N) is 1. The lowest BCUT2D eigenvalue weighted by Gasteiger charge is -2.17. The molecular formula is C12H11N. The summed E-state index contributed by atoms with van der Waals surface area (Å²) in [6.45, 7) is 0. The first-order valence-electron chi connectivity index (χ1n) is 4.71. The van der Waals surface area contributed by atoms with Crippen molar-refractivity contribution in [2.45, 2.75) is 12.8 Å². The second-order valence-corrected chi connectivity index (χ2v) is 3.54. The lowest BCUT2D eigenvalue weighted by Crippen LogP contribution is -2.05. The molecule has 0 aromatic heterocycles. The van der Waals surface area contributed by atoms with E-state index >= 15 is 0 Å². The van der Waals surface area contributed by atoms with Gasteiger partial charge in [-0.25, -0.2) is 0 Å². The van der Waals surface area contributed by atoms with E-state index in [2.05, 4.69) is 41.7 Å². The minimum atomic E-state index is 1.18. The van der Waals surface area contributed by atoms with Crippen molar-refractivity contribution in [1.82, 2.24) is 0 Å². The molecule has 0 atom stereocenters. The first-order valence-corrected chi connectivity index (χ1v) is 4.71. The third kappa shape index (κ3) is 1.00. The molecule has 3 rings (SSSR count). The highest BCUT2D eigenvalue weighted by Crippen LogP contribution is 2.34. The van der Waals surface area contributed by atoms with Crippen LogP contribution in [0.1, 0.15) is 18.4 Å². The molecule has 0 radical (unpaired) electrons. The van der Waals surface area contributed by atoms with Crippen LogP contribution < -0.4 is 5.32 Å². The maximum absolute atomic E-state index is 3.45. The Balaban J connectivity index is 2.18. The number of benzene rings is 1. The lowest BCUT2D eigenvalue weighted by molar-refractivity contribution is 1.06. The second-order valence-electron chi connectivity index (χ2n) is 3.54. The highest BCUT2D eigenvalue weighted by atomic mass is 14.9. The first kappa shape index (κ1) is 6.96. The monoisotopic (exact) mass is 169 g/mol. The Kier molecular flexibility index (Phi) is 1.33. The van der Waals surface area contributed by atoms with Crippen molar-refractivity contribution in [3.63, 3.8) is 0 Å². The quantitative estimate of drug-likeness (QED) is 0.629. The fraction of sp³-hybridized carbons (Fsp3) is 0.167. The van der Waals surface area contributed by atoms with E-state index in [1.165, 1.54) is 35.4 Å². The Morgan fingerprint density at radius 1 is 1.15 bits per heavy atom. The van der Waals surface area contributed by atoms with Crippen molar-refractivity contribution < 1.29 is 0 Å². The highest BCUT2D eigenvalue weighted by Gasteiger charge is 2.16. The van der Waals surface area contributed by atoms with Crippen molar-refractivity contribution in [3.8, 4) is 0 Å². The maximum Gasteiger partial charge on any atom is 0.0457 e. The first-order chi connectivity index (χ1) is 6.43. The average molecular weight is 169 g/mol. The van der Waals surface area contributed by atoms with Crippen molar-refractivity contribution in [2.75, 3.05) is 5.32 Å². The van der Waals surface area contributed by atoms with Crippen molar-refractivity contribution in [1.29, 1.82) is 0 Å². The molecule has 1 aromatic rings. The summed E-state index contributed by atoms with van der Waals surface area (Å²) in [7, 11) is 0. The van der Waals surface area contributed by atoms with Crippen LogP contribution >= 0.6 is 0 Å². The predicted molar refractivity (Wildman–Crippen MR) is 55.4 cm³/mol. The zero-order chi connectivity index (χ0) is 8.67. The molecule has 13 heavy (non-hydrogen) atoms. The van der Waals surface area contributed by atoms with Crippen LogP contribution in [0.4, 0.5) is 5.69 Å². The summed E-state index contributed by atoms with van der Waals surface area (Å²) in [5.74, 6) is 0. The molecule has 0 saturated carbocycles. The summed E-state index contributed by atoms with van der Waals surface area (Å²) in [5, 5.41) is 3.45. The summed E-state index contributed by atoms with van der Waals surface area (Å²) >= 11 is 0. The third-order valence-corrected chi connectivity index (χ3v) is 2.67. The molecule has 1 heteroatoms. The van der Waals surface area contributed by atoms with Gasteiger partial charge in [0.1, 0.15) is 0 Å². The molecule has 1 aliphatic heterocycles. The van der Waals surface area contributed by atoms with Crippen LogP contribution in [0, 0.1) is 0 Å². The SMILES string of the molecule is C1=C2CCC=C2Nc2ccccc21. The second kappa shape index (κ2) is 2.49. The van der Waals surface area contributed by atoms with Gasteiger partial charge in [0.2, 0.25) is 0 Å². The summed E-state index contributed by atoms with van der Waals surface area (Å²) in [4.78, 5) is 0. The van der Waals surface area contributed by atoms with Crippen LogP contribution in [0.2, 0.25) is 0 Å². The molecule has 0 fully saturated rings. The third-order valence-electron chi connectivity index (χ3n) is 2.67. The molecule has 0 amide bonds. The van der Waals surface area contributed by atoms with E-state index in [-0.39, 0.29) is 0 Å². The lowest BCUT2D eigenvalue weighted by atomic mass is 10.0. The molecule has 1 N–H and O–H groups in total. The Labute approximate surface area is 77.8 Å². The van der Waals surface area contributed by atoms with E-state index in [4.69, 9.17) is 0 Å². The van der Waals surface area contributed by atoms with Gasteiger partial charge in [-0.1, -0.05) is 24.3 Å². The van der Waals surface area contributed by atoms with Crippen LogP contribution in [-0.2, 0) is 0 Å². The van der Waals surface area contributed by atoms with E-state index in [0.29, 0.717) is 0 Å². The van der Waals surface area contributed by atoms with Gasteiger partial charge in [-0.2, -0.15) is 0 Å². The summed E-state index contributed by atoms with van der Waals surface area (Å²) < 4.78 is 0. The van der Waals surface area contributed by atoms with E-state index in [1.54, 1.807) is 0 Å². The minimum absolute atomic E-state index is 1.18. The van der Waals surface area contributed by atoms with Crippen LogP contribution in [-0.4, -0.2) is 0 Å². The van der Waals surface area contributed by atoms with Crippen molar-refractivity contribution in [3.05, 3.63) is 47.2 Å². The molecule has 0 saturated heterocycles. The molecule has 2 aliphatic rings. The van der Waals surface area contributed by atoms with E-state index in [1.807, 2.05) is 0 Å². The van der Waals surface area contributed by atoms with Gasteiger partial charge < -0.3 is 5.32 Å². The highest BCUT2D eigenvalue weighted by molar-refractivity contribution is 5.78. The normalized spacial score (nSPS) is 18.2. The summed E-state index contributed by atoms with van der Waals surface area (Å²) in [6, 6.07) is 8.44. The number of para-hydroxylation sites is 1. The van der Waals surface area contributed by atoms with Crippen LogP contribution in [0.5, 0.6) is 0 Å². The van der Waals surface area contributed by atoms with Gasteiger partial charge in [-0.3, -0.25) is 0 Å². The fourth-order valence-electron chi connectivity index (χ4n) is 1.99. The summed E-state index contributed by atoms with van der Waals surface area (Å²) in [6.07, 6.45) is 6.95. The zero-order valence-corrected chi connectivity index (χ0v) is 7.38. The Morgan fingerprint density at radius 3 is 3.08 bits per heavy atom. The topological polar surface area (TPSA) is 12.0 Å². The number of rotatable bonds is 0. The molecule has 1 heterocycles. The van der Waals surface area contributed by atoms with Gasteiger partial charge in [-0.15, -0.1) is 0 Å².